The van der Waals surface area contributed by atoms with Crippen LogP contribution in [0.3, 0.4) is 0 Å². The number of hydrogen-bond acceptors (Lipinski definition) is 4. The third kappa shape index (κ3) is 3.91. The highest BCUT2D eigenvalue weighted by Gasteiger charge is 2.46. The highest BCUT2D eigenvalue weighted by atomic mass is 127. The highest BCUT2D eigenvalue weighted by molar-refractivity contribution is 14.1. The van der Waals surface area contributed by atoms with E-state index in [4.69, 9.17) is 4.74 Å². The van der Waals surface area contributed by atoms with Gasteiger partial charge in [0.15, 0.2) is 0 Å². The van der Waals surface area contributed by atoms with E-state index >= 15 is 0 Å². The fraction of sp³-hybridized carbons (Fsp3) is 0.556. The van der Waals surface area contributed by atoms with Crippen LogP contribution in [-0.2, 0) is 14.3 Å². The number of halogens is 1. The van der Waals surface area contributed by atoms with Gasteiger partial charge in [-0.05, 0) is 66.0 Å². The first kappa shape index (κ1) is 17.7. The summed E-state index contributed by atoms with van der Waals surface area (Å²) >= 11 is 2.22. The Kier molecular flexibility index (Phi) is 5.76. The molecule has 0 radical (unpaired) electrons. The molecule has 1 aromatic carbocycles. The lowest BCUT2D eigenvalue weighted by Crippen LogP contribution is -2.46. The minimum Gasteiger partial charge on any atom is -0.468 e. The van der Waals surface area contributed by atoms with E-state index in [1.807, 2.05) is 24.3 Å². The van der Waals surface area contributed by atoms with Gasteiger partial charge in [-0.2, -0.15) is 0 Å². The molecule has 0 spiro atoms. The van der Waals surface area contributed by atoms with Crippen LogP contribution in [0.5, 0.6) is 0 Å². The lowest BCUT2D eigenvalue weighted by molar-refractivity contribution is -0.146. The average Bonchev–Trinajstić information content (AvgIpc) is 2.93. The summed E-state index contributed by atoms with van der Waals surface area (Å²) in [6.07, 6.45) is 5.41. The Morgan fingerprint density at radius 2 is 2.12 bits per heavy atom. The first-order valence-corrected chi connectivity index (χ1v) is 9.55. The number of anilines is 1. The van der Waals surface area contributed by atoms with E-state index in [-0.39, 0.29) is 24.5 Å². The molecule has 130 valence electrons. The molecule has 1 N–H and O–H groups in total. The molecule has 1 aromatic rings. The number of carbonyl (C=O) groups is 2. The van der Waals surface area contributed by atoms with Gasteiger partial charge >= 0.3 is 5.97 Å². The molecule has 5 nitrogen and oxygen atoms in total. The Balaban J connectivity index is 1.70. The summed E-state index contributed by atoms with van der Waals surface area (Å²) in [5, 5.41) is 2.95. The number of hydrogen-bond donors (Lipinski definition) is 1. The number of rotatable bonds is 4. The molecule has 24 heavy (non-hydrogen) atoms. The van der Waals surface area contributed by atoms with Crippen LogP contribution in [0.1, 0.15) is 32.1 Å². The highest BCUT2D eigenvalue weighted by Crippen LogP contribution is 2.39. The molecule has 1 heterocycles. The topological polar surface area (TPSA) is 58.6 Å². The van der Waals surface area contributed by atoms with Gasteiger partial charge in [0, 0.05) is 15.3 Å². The van der Waals surface area contributed by atoms with Crippen molar-refractivity contribution in [1.82, 2.24) is 4.90 Å². The summed E-state index contributed by atoms with van der Waals surface area (Å²) in [6, 6.07) is 7.75. The van der Waals surface area contributed by atoms with Crippen LogP contribution in [0.4, 0.5) is 5.69 Å². The Morgan fingerprint density at radius 3 is 2.88 bits per heavy atom. The maximum absolute atomic E-state index is 12.5. The number of nitrogens with one attached hydrogen (secondary N) is 1. The van der Waals surface area contributed by atoms with Crippen molar-refractivity contribution >= 4 is 40.2 Å². The van der Waals surface area contributed by atoms with Gasteiger partial charge in [0.1, 0.15) is 6.04 Å². The number of fused-ring (bicyclic) bond motifs is 1. The van der Waals surface area contributed by atoms with E-state index in [1.165, 1.54) is 20.0 Å². The molecule has 1 amide bonds. The van der Waals surface area contributed by atoms with Gasteiger partial charge in [-0.3, -0.25) is 14.5 Å². The number of esters is 1. The van der Waals surface area contributed by atoms with E-state index in [1.54, 1.807) is 0 Å². The predicted molar refractivity (Wildman–Crippen MR) is 101 cm³/mol. The third-order valence-corrected chi connectivity index (χ3v) is 5.80. The van der Waals surface area contributed by atoms with Gasteiger partial charge in [0.05, 0.1) is 13.7 Å². The summed E-state index contributed by atoms with van der Waals surface area (Å²) in [5.41, 5.74) is 0.793. The van der Waals surface area contributed by atoms with E-state index < -0.39 is 0 Å². The normalized spacial score (nSPS) is 26.7. The maximum Gasteiger partial charge on any atom is 0.323 e. The first-order chi connectivity index (χ1) is 11.6. The van der Waals surface area contributed by atoms with Crippen molar-refractivity contribution in [2.75, 3.05) is 19.0 Å². The Labute approximate surface area is 156 Å². The second kappa shape index (κ2) is 7.82. The van der Waals surface area contributed by atoms with Gasteiger partial charge in [0.25, 0.3) is 0 Å². The van der Waals surface area contributed by atoms with Crippen LogP contribution in [0.2, 0.25) is 0 Å². The summed E-state index contributed by atoms with van der Waals surface area (Å²) in [4.78, 5) is 26.7. The van der Waals surface area contributed by atoms with Crippen LogP contribution >= 0.6 is 22.6 Å². The van der Waals surface area contributed by atoms with E-state index in [2.05, 4.69) is 32.8 Å². The largest absolute Gasteiger partial charge is 0.468 e. The summed E-state index contributed by atoms with van der Waals surface area (Å²) in [5.74, 6) is 0.219. The molecule has 1 aliphatic heterocycles. The molecule has 2 aliphatic rings. The van der Waals surface area contributed by atoms with Gasteiger partial charge in [0.2, 0.25) is 5.91 Å². The van der Waals surface area contributed by atoms with Crippen LogP contribution < -0.4 is 5.32 Å². The van der Waals surface area contributed by atoms with Gasteiger partial charge in [-0.15, -0.1) is 0 Å². The Bertz CT molecular complexity index is 622. The molecule has 1 aliphatic carbocycles. The van der Waals surface area contributed by atoms with Crippen LogP contribution in [0.25, 0.3) is 0 Å². The molecule has 1 saturated heterocycles. The maximum atomic E-state index is 12.5. The number of benzene rings is 1. The van der Waals surface area contributed by atoms with Gasteiger partial charge < -0.3 is 10.1 Å². The summed E-state index contributed by atoms with van der Waals surface area (Å²) in [6.45, 7) is 0.242. The molecule has 3 atom stereocenters. The van der Waals surface area contributed by atoms with Crippen molar-refractivity contribution in [1.29, 1.82) is 0 Å². The molecular formula is C18H23IN2O3. The minimum absolute atomic E-state index is 0.0721. The Morgan fingerprint density at radius 1 is 1.33 bits per heavy atom. The van der Waals surface area contributed by atoms with Crippen molar-refractivity contribution in [3.8, 4) is 0 Å². The summed E-state index contributed by atoms with van der Waals surface area (Å²) in [7, 11) is 1.43. The molecule has 6 heteroatoms. The quantitative estimate of drug-likeness (QED) is 0.576. The predicted octanol–water partition coefficient (Wildman–Crippen LogP) is 3.04. The molecule has 3 rings (SSSR count). The van der Waals surface area contributed by atoms with E-state index in [9.17, 15) is 9.59 Å². The summed E-state index contributed by atoms with van der Waals surface area (Å²) < 4.78 is 6.05. The zero-order chi connectivity index (χ0) is 17.1. The van der Waals surface area contributed by atoms with Crippen molar-refractivity contribution in [3.05, 3.63) is 27.8 Å². The second-order valence-electron chi connectivity index (χ2n) is 6.62. The first-order valence-electron chi connectivity index (χ1n) is 8.47. The number of methoxy groups -OCH3 is 1. The van der Waals surface area contributed by atoms with Gasteiger partial charge in [-0.1, -0.05) is 18.9 Å². The smallest absolute Gasteiger partial charge is 0.323 e. The molecule has 2 fully saturated rings. The lowest BCUT2D eigenvalue weighted by atomic mass is 9.85. The average molecular weight is 442 g/mol. The van der Waals surface area contributed by atoms with Gasteiger partial charge in [-0.25, -0.2) is 0 Å². The van der Waals surface area contributed by atoms with Crippen molar-refractivity contribution in [2.45, 2.75) is 44.2 Å². The lowest BCUT2D eigenvalue weighted by Gasteiger charge is -2.32. The zero-order valence-corrected chi connectivity index (χ0v) is 16.0. The third-order valence-electron chi connectivity index (χ3n) is 5.13. The van der Waals surface area contributed by atoms with E-state index in [0.717, 1.165) is 28.5 Å². The van der Waals surface area contributed by atoms with E-state index in [0.29, 0.717) is 12.0 Å². The molecule has 1 saturated carbocycles. The second-order valence-corrected chi connectivity index (χ2v) is 7.86. The Hall–Kier alpha value is -1.15. The molecule has 3 unspecified atom stereocenters. The molecular weight excluding hydrogens is 419 g/mol. The van der Waals surface area contributed by atoms with Crippen LogP contribution in [0, 0.1) is 9.49 Å². The number of nitrogens with zero attached hydrogens (tertiary/aromatic N) is 1. The molecule has 0 aromatic heterocycles. The standard InChI is InChI=1S/C18H23IN2O3/c1-24-18(23)16-9-12-5-2-3-8-15(12)21(16)11-17(22)20-14-7-4-6-13(19)10-14/h4,6-7,10,12,15-16H,2-3,5,8-9,11H2,1H3,(H,20,22). The van der Waals surface area contributed by atoms with Crippen molar-refractivity contribution in [2.24, 2.45) is 5.92 Å². The van der Waals surface area contributed by atoms with Crippen LogP contribution in [-0.4, -0.2) is 42.5 Å². The number of ether oxygens (including phenoxy) is 1. The number of amides is 1. The zero-order valence-electron chi connectivity index (χ0n) is 13.8. The number of likely N-dealkylation sites (tertiary alicyclic amines) is 1. The van der Waals surface area contributed by atoms with Crippen molar-refractivity contribution < 1.29 is 14.3 Å². The SMILES string of the molecule is COC(=O)C1CC2CCCCC2N1CC(=O)Nc1cccc(I)c1. The number of carbonyl (C=O) groups excluding carboxylic acids is 2. The monoisotopic (exact) mass is 442 g/mol. The fourth-order valence-electron chi connectivity index (χ4n) is 4.08. The minimum atomic E-state index is -0.287. The fourth-order valence-corrected chi connectivity index (χ4v) is 4.62. The van der Waals surface area contributed by atoms with Crippen molar-refractivity contribution in [3.63, 3.8) is 0 Å². The molecule has 0 bridgehead atoms. The van der Waals surface area contributed by atoms with Crippen LogP contribution in [0.15, 0.2) is 24.3 Å².